The summed E-state index contributed by atoms with van der Waals surface area (Å²) < 4.78 is 2.02. The van der Waals surface area contributed by atoms with Gasteiger partial charge in [0.15, 0.2) is 0 Å². The Bertz CT molecular complexity index is 933. The Balaban J connectivity index is 1.71. The molecule has 3 unspecified atom stereocenters. The number of hydrogen-bond donors (Lipinski definition) is 0. The molecule has 8 heteroatoms. The second kappa shape index (κ2) is 8.12. The molecule has 0 aliphatic carbocycles. The lowest BCUT2D eigenvalue weighted by Crippen LogP contribution is -2.61. The number of nitrogens with zero attached hydrogens (tertiary/aromatic N) is 5. The fraction of sp³-hybridized carbons (Fsp3) is 0.545. The van der Waals surface area contributed by atoms with Crippen LogP contribution in [-0.4, -0.2) is 82.7 Å². The Morgan fingerprint density at radius 2 is 1.77 bits per heavy atom. The molecule has 30 heavy (non-hydrogen) atoms. The maximum Gasteiger partial charge on any atom is 0.333 e. The van der Waals surface area contributed by atoms with Crippen LogP contribution in [0.5, 0.6) is 0 Å². The lowest BCUT2D eigenvalue weighted by molar-refractivity contribution is -0.552. The number of likely N-dealkylation sites (tertiary alicyclic amines) is 1. The van der Waals surface area contributed by atoms with Crippen molar-refractivity contribution in [2.75, 3.05) is 33.7 Å². The smallest absolute Gasteiger partial charge is 0.292 e. The molecule has 4 rings (SSSR count). The van der Waals surface area contributed by atoms with E-state index in [2.05, 4.69) is 18.7 Å². The van der Waals surface area contributed by atoms with Gasteiger partial charge in [-0.2, -0.15) is 0 Å². The predicted octanol–water partition coefficient (Wildman–Crippen LogP) is 2.53. The number of amidine groups is 2. The summed E-state index contributed by atoms with van der Waals surface area (Å²) >= 11 is 6.43. The maximum absolute atomic E-state index is 13.1. The summed E-state index contributed by atoms with van der Waals surface area (Å²) in [6, 6.07) is 6.70. The third kappa shape index (κ3) is 3.76. The van der Waals surface area contributed by atoms with E-state index < -0.39 is 6.04 Å². The van der Waals surface area contributed by atoms with Crippen LogP contribution in [-0.2, 0) is 11.3 Å². The van der Waals surface area contributed by atoms with E-state index in [9.17, 15) is 9.59 Å². The monoisotopic (exact) mass is 430 g/mol. The van der Waals surface area contributed by atoms with Gasteiger partial charge in [0.25, 0.3) is 17.8 Å². The molecule has 2 fully saturated rings. The molecule has 1 aromatic carbocycles. The number of rotatable bonds is 4. The van der Waals surface area contributed by atoms with Gasteiger partial charge in [-0.15, -0.1) is 0 Å². The molecule has 7 nitrogen and oxygen atoms in total. The Morgan fingerprint density at radius 1 is 1.10 bits per heavy atom. The maximum atomic E-state index is 13.1. The van der Waals surface area contributed by atoms with E-state index in [1.807, 2.05) is 28.8 Å². The van der Waals surface area contributed by atoms with Gasteiger partial charge in [0.05, 0.1) is 0 Å². The zero-order chi connectivity index (χ0) is 21.6. The van der Waals surface area contributed by atoms with Crippen LogP contribution in [0, 0.1) is 11.8 Å². The topological polar surface area (TPSA) is 59.2 Å². The summed E-state index contributed by atoms with van der Waals surface area (Å²) in [7, 11) is 3.20. The van der Waals surface area contributed by atoms with Gasteiger partial charge >= 0.3 is 11.9 Å². The molecular formula is C22H29ClN5O2+. The van der Waals surface area contributed by atoms with Crippen molar-refractivity contribution in [3.8, 4) is 0 Å². The lowest BCUT2D eigenvalue weighted by atomic mass is 9.92. The van der Waals surface area contributed by atoms with Crippen LogP contribution in [0.2, 0.25) is 5.02 Å². The molecule has 0 radical (unpaired) electrons. The summed E-state index contributed by atoms with van der Waals surface area (Å²) in [5.41, 5.74) is 0.934. The van der Waals surface area contributed by atoms with Crippen LogP contribution in [0.15, 0.2) is 29.3 Å². The minimum Gasteiger partial charge on any atom is -0.292 e. The zero-order valence-corrected chi connectivity index (χ0v) is 18.8. The number of urea groups is 1. The number of carbonyl (C=O) groups is 2. The van der Waals surface area contributed by atoms with Crippen molar-refractivity contribution in [2.45, 2.75) is 32.9 Å². The van der Waals surface area contributed by atoms with Crippen LogP contribution in [0.25, 0.3) is 0 Å². The van der Waals surface area contributed by atoms with Crippen molar-refractivity contribution in [3.05, 3.63) is 34.9 Å². The van der Waals surface area contributed by atoms with Crippen molar-refractivity contribution in [1.82, 2.24) is 14.7 Å². The number of fused-ring (bicyclic) bond motifs is 1. The highest BCUT2D eigenvalue weighted by molar-refractivity contribution is 6.31. The third-order valence-corrected chi connectivity index (χ3v) is 6.59. The number of amides is 3. The standard InChI is InChI=1S/C22H29ClN5O2/c1-14-9-15(2)11-27(10-14)13-18-24-20-19(21(29)26(4)22(30)25(20)3)28(18)12-16-7-5-6-8-17(16)23/h5-8,14-15,19H,9-13H2,1-4H3/q+1. The van der Waals surface area contributed by atoms with E-state index in [0.29, 0.717) is 35.8 Å². The highest BCUT2D eigenvalue weighted by atomic mass is 35.5. The van der Waals surface area contributed by atoms with Gasteiger partial charge < -0.3 is 0 Å². The summed E-state index contributed by atoms with van der Waals surface area (Å²) in [5.74, 6) is 2.32. The van der Waals surface area contributed by atoms with Crippen molar-refractivity contribution < 1.29 is 14.2 Å². The van der Waals surface area contributed by atoms with Crippen LogP contribution in [0.3, 0.4) is 0 Å². The number of piperidine rings is 1. The fourth-order valence-corrected chi connectivity index (χ4v) is 5.08. The molecule has 3 amide bonds. The molecule has 0 N–H and O–H groups in total. The second-order valence-corrected chi connectivity index (χ2v) is 9.29. The van der Waals surface area contributed by atoms with E-state index in [-0.39, 0.29) is 11.9 Å². The third-order valence-electron chi connectivity index (χ3n) is 6.22. The van der Waals surface area contributed by atoms with E-state index in [1.165, 1.54) is 23.3 Å². The number of benzene rings is 1. The van der Waals surface area contributed by atoms with Gasteiger partial charge in [-0.1, -0.05) is 43.6 Å². The van der Waals surface area contributed by atoms with Gasteiger partial charge in [-0.3, -0.25) is 19.5 Å². The molecule has 0 saturated carbocycles. The molecule has 2 saturated heterocycles. The quantitative estimate of drug-likeness (QED) is 0.690. The van der Waals surface area contributed by atoms with E-state index in [1.54, 1.807) is 7.05 Å². The van der Waals surface area contributed by atoms with Crippen LogP contribution < -0.4 is 0 Å². The van der Waals surface area contributed by atoms with Crippen LogP contribution >= 0.6 is 11.6 Å². The van der Waals surface area contributed by atoms with Gasteiger partial charge in [0.1, 0.15) is 13.1 Å². The Labute approximate surface area is 182 Å². The molecule has 160 valence electrons. The minimum absolute atomic E-state index is 0.251. The fourth-order valence-electron chi connectivity index (χ4n) is 4.89. The number of aliphatic imine (C=N–C) groups is 1. The Kier molecular flexibility index (Phi) is 5.68. The molecular weight excluding hydrogens is 402 g/mol. The van der Waals surface area contributed by atoms with Crippen LogP contribution in [0.1, 0.15) is 25.8 Å². The van der Waals surface area contributed by atoms with Crippen molar-refractivity contribution in [2.24, 2.45) is 16.8 Å². The summed E-state index contributed by atoms with van der Waals surface area (Å²) in [6.07, 6.45) is 1.23. The van der Waals surface area contributed by atoms with Gasteiger partial charge in [0, 0.05) is 37.8 Å². The highest BCUT2D eigenvalue weighted by Gasteiger charge is 2.53. The molecule has 0 spiro atoms. The first-order valence-electron chi connectivity index (χ1n) is 10.5. The minimum atomic E-state index is -0.608. The second-order valence-electron chi connectivity index (χ2n) is 8.89. The first-order valence-corrected chi connectivity index (χ1v) is 10.9. The zero-order valence-electron chi connectivity index (χ0n) is 18.0. The molecule has 3 aliphatic rings. The Morgan fingerprint density at radius 3 is 2.43 bits per heavy atom. The number of halogens is 1. The summed E-state index contributed by atoms with van der Waals surface area (Å²) in [5, 5.41) is 0.659. The van der Waals surface area contributed by atoms with E-state index >= 15 is 0 Å². The van der Waals surface area contributed by atoms with Crippen molar-refractivity contribution in [3.63, 3.8) is 0 Å². The molecule has 3 aliphatic heterocycles. The normalized spacial score (nSPS) is 27.6. The molecule has 3 atom stereocenters. The average molecular weight is 431 g/mol. The molecule has 0 aromatic heterocycles. The SMILES string of the molecule is CC1CC(C)CN(CC2=[N+](Cc3ccccc3Cl)C3C(=O)N(C)C(=O)N(C)C3=N2)C1. The van der Waals surface area contributed by atoms with Gasteiger partial charge in [-0.25, -0.2) is 9.37 Å². The summed E-state index contributed by atoms with van der Waals surface area (Å²) in [6.45, 7) is 7.68. The lowest BCUT2D eigenvalue weighted by Gasteiger charge is -2.34. The largest absolute Gasteiger partial charge is 0.333 e. The number of likely N-dealkylation sites (N-methyl/N-ethyl adjacent to an activating group) is 2. The highest BCUT2D eigenvalue weighted by Crippen LogP contribution is 2.25. The molecule has 0 bridgehead atoms. The number of hydrogen-bond acceptors (Lipinski definition) is 4. The number of carbonyl (C=O) groups excluding carboxylic acids is 2. The van der Waals surface area contributed by atoms with Crippen molar-refractivity contribution in [1.29, 1.82) is 0 Å². The Hall–Kier alpha value is -2.25. The van der Waals surface area contributed by atoms with Gasteiger partial charge in [-0.05, 0) is 29.3 Å². The van der Waals surface area contributed by atoms with E-state index in [0.717, 1.165) is 24.5 Å². The summed E-state index contributed by atoms with van der Waals surface area (Å²) in [4.78, 5) is 35.4. The first-order chi connectivity index (χ1) is 14.3. The van der Waals surface area contributed by atoms with Crippen molar-refractivity contribution >= 4 is 35.2 Å². The van der Waals surface area contributed by atoms with Gasteiger partial charge in [0.2, 0.25) is 0 Å². The molecule has 1 aromatic rings. The van der Waals surface area contributed by atoms with E-state index in [4.69, 9.17) is 16.6 Å². The average Bonchev–Trinajstić information content (AvgIpc) is 3.04. The molecule has 3 heterocycles. The first kappa shape index (κ1) is 21.0. The number of imide groups is 1. The van der Waals surface area contributed by atoms with Crippen LogP contribution in [0.4, 0.5) is 4.79 Å². The predicted molar refractivity (Wildman–Crippen MR) is 117 cm³/mol.